The van der Waals surface area contributed by atoms with Crippen molar-refractivity contribution >= 4 is 23.2 Å². The summed E-state index contributed by atoms with van der Waals surface area (Å²) in [7, 11) is -0.481. The third kappa shape index (κ3) is 1.83. The predicted molar refractivity (Wildman–Crippen MR) is 45.6 cm³/mol. The molecule has 0 atom stereocenters. The molecule has 1 rings (SSSR count). The number of hydrogen-bond donors (Lipinski definition) is 2. The average molecular weight is 155 g/mol. The molecule has 54 valence electrons. The van der Waals surface area contributed by atoms with Gasteiger partial charge in [-0.3, -0.25) is 0 Å². The van der Waals surface area contributed by atoms with Crippen LogP contribution >= 0.6 is 11.3 Å². The van der Waals surface area contributed by atoms with E-state index < -0.39 is 7.05 Å². The average Bonchev–Trinajstić information content (AvgIpc) is 2.38. The van der Waals surface area contributed by atoms with Crippen LogP contribution in [0, 0.1) is 0 Å². The number of rotatable bonds is 3. The molecule has 10 heavy (non-hydrogen) atoms. The molecule has 1 heterocycles. The fourth-order valence-corrected chi connectivity index (χ4v) is 1.42. The molecule has 0 aliphatic heterocycles. The molecule has 0 bridgehead atoms. The van der Waals surface area contributed by atoms with E-state index in [-0.39, 0.29) is 0 Å². The van der Waals surface area contributed by atoms with Gasteiger partial charge in [0, 0.05) is 4.78 Å². The summed E-state index contributed by atoms with van der Waals surface area (Å²) in [4.78, 5) is 0. The summed E-state index contributed by atoms with van der Waals surface area (Å²) in [5.41, 5.74) is 0. The fraction of sp³-hybridized carbons (Fsp3) is 0.333. The summed E-state index contributed by atoms with van der Waals surface area (Å²) in [5.74, 6) is 0. The van der Waals surface area contributed by atoms with Crippen molar-refractivity contribution in [1.82, 2.24) is 5.23 Å². The van der Waals surface area contributed by atoms with Crippen LogP contribution in [0.3, 0.4) is 0 Å². The van der Waals surface area contributed by atoms with Gasteiger partial charge >= 0.3 is 7.05 Å². The lowest BCUT2D eigenvalue weighted by Crippen LogP contribution is -2.43. The molecule has 0 unspecified atom stereocenters. The number of hydrogen-bond acceptors (Lipinski definition) is 3. The van der Waals surface area contributed by atoms with Gasteiger partial charge in [-0.1, -0.05) is 19.1 Å². The fourth-order valence-electron chi connectivity index (χ4n) is 0.741. The number of nitrogens with one attached hydrogen (secondary N) is 1. The van der Waals surface area contributed by atoms with E-state index in [1.54, 1.807) is 11.3 Å². The van der Waals surface area contributed by atoms with Crippen molar-refractivity contribution < 1.29 is 5.02 Å². The Bertz CT molecular complexity index is 178. The monoisotopic (exact) mass is 155 g/mol. The van der Waals surface area contributed by atoms with E-state index >= 15 is 0 Å². The third-order valence-electron chi connectivity index (χ3n) is 1.21. The van der Waals surface area contributed by atoms with Gasteiger partial charge in [0.25, 0.3) is 0 Å². The first-order valence-corrected chi connectivity index (χ1v) is 4.17. The van der Waals surface area contributed by atoms with Crippen LogP contribution in [-0.4, -0.2) is 18.6 Å². The van der Waals surface area contributed by atoms with E-state index in [1.165, 1.54) is 0 Å². The van der Waals surface area contributed by atoms with Gasteiger partial charge in [-0.2, -0.15) is 11.3 Å². The number of thiophene rings is 1. The lowest BCUT2D eigenvalue weighted by molar-refractivity contribution is 0.566. The maximum atomic E-state index is 9.31. The van der Waals surface area contributed by atoms with Crippen LogP contribution in [0.4, 0.5) is 0 Å². The highest BCUT2D eigenvalue weighted by molar-refractivity contribution is 7.20. The van der Waals surface area contributed by atoms with E-state index in [0.717, 1.165) is 11.3 Å². The topological polar surface area (TPSA) is 32.3 Å². The highest BCUT2D eigenvalue weighted by atomic mass is 32.1. The van der Waals surface area contributed by atoms with Gasteiger partial charge in [-0.15, -0.1) is 0 Å². The smallest absolute Gasteiger partial charge is 0.423 e. The van der Waals surface area contributed by atoms with Crippen LogP contribution in [0.15, 0.2) is 17.5 Å². The van der Waals surface area contributed by atoms with Gasteiger partial charge in [-0.25, -0.2) is 0 Å². The van der Waals surface area contributed by atoms with Crippen molar-refractivity contribution in [3.63, 3.8) is 0 Å². The van der Waals surface area contributed by atoms with Crippen LogP contribution in [0.2, 0.25) is 0 Å². The molecule has 0 aliphatic rings. The molecule has 0 amide bonds. The Kier molecular flexibility index (Phi) is 2.93. The normalized spacial score (nSPS) is 9.80. The lowest BCUT2D eigenvalue weighted by atomic mass is 9.82. The molecule has 1 aromatic heterocycles. The molecule has 1 aromatic rings. The van der Waals surface area contributed by atoms with E-state index in [9.17, 15) is 5.02 Å². The van der Waals surface area contributed by atoms with E-state index in [0.29, 0.717) is 0 Å². The highest BCUT2D eigenvalue weighted by Gasteiger charge is 2.12. The maximum Gasteiger partial charge on any atom is 0.423 e. The second-order valence-electron chi connectivity index (χ2n) is 1.98. The van der Waals surface area contributed by atoms with Crippen LogP contribution in [0.25, 0.3) is 0 Å². The second kappa shape index (κ2) is 3.76. The van der Waals surface area contributed by atoms with E-state index in [1.807, 2.05) is 24.4 Å². The van der Waals surface area contributed by atoms with Crippen molar-refractivity contribution in [3.05, 3.63) is 17.5 Å². The van der Waals surface area contributed by atoms with Gasteiger partial charge in [0.1, 0.15) is 0 Å². The summed E-state index contributed by atoms with van der Waals surface area (Å²) in [6, 6.07) is 3.85. The van der Waals surface area contributed by atoms with Crippen molar-refractivity contribution in [1.29, 1.82) is 0 Å². The minimum atomic E-state index is -0.481. The Morgan fingerprint density at radius 3 is 3.10 bits per heavy atom. The first kappa shape index (κ1) is 7.79. The molecule has 0 saturated carbocycles. The van der Waals surface area contributed by atoms with Gasteiger partial charge in [0.15, 0.2) is 0 Å². The molecule has 4 heteroatoms. The SMILES string of the molecule is CCNB(O)c1cccs1. The Morgan fingerprint density at radius 2 is 2.60 bits per heavy atom. The zero-order valence-electron chi connectivity index (χ0n) is 5.87. The first-order valence-electron chi connectivity index (χ1n) is 3.29. The molecule has 0 radical (unpaired) electrons. The van der Waals surface area contributed by atoms with Crippen molar-refractivity contribution in [2.24, 2.45) is 0 Å². The Hall–Kier alpha value is -0.315. The van der Waals surface area contributed by atoms with Crippen LogP contribution in [0.5, 0.6) is 0 Å². The van der Waals surface area contributed by atoms with Gasteiger partial charge in [0.05, 0.1) is 0 Å². The molecule has 2 N–H and O–H groups in total. The quantitative estimate of drug-likeness (QED) is 0.604. The largest absolute Gasteiger partial charge is 0.433 e. The third-order valence-corrected chi connectivity index (χ3v) is 2.13. The molecule has 0 saturated heterocycles. The Morgan fingerprint density at radius 1 is 1.80 bits per heavy atom. The second-order valence-corrected chi connectivity index (χ2v) is 2.95. The van der Waals surface area contributed by atoms with Gasteiger partial charge < -0.3 is 10.3 Å². The van der Waals surface area contributed by atoms with Crippen molar-refractivity contribution in [2.45, 2.75) is 6.92 Å². The standard InChI is InChI=1S/C6H10BNOS/c1-2-8-7(9)6-4-3-5-10-6/h3-5,8-9H,2H2,1H3. The predicted octanol–water partition coefficient (Wildman–Crippen LogP) is 0.0451. The summed E-state index contributed by atoms with van der Waals surface area (Å²) < 4.78 is 0.974. The summed E-state index contributed by atoms with van der Waals surface area (Å²) in [6.45, 7) is 2.76. The zero-order chi connectivity index (χ0) is 7.40. The molecular formula is C6H10BNOS. The maximum absolute atomic E-state index is 9.31. The Labute approximate surface area is 65.0 Å². The minimum Gasteiger partial charge on any atom is -0.433 e. The molecule has 0 spiro atoms. The van der Waals surface area contributed by atoms with Gasteiger partial charge in [0.2, 0.25) is 0 Å². The van der Waals surface area contributed by atoms with Crippen LogP contribution in [0.1, 0.15) is 6.92 Å². The molecule has 0 fully saturated rings. The molecule has 0 aliphatic carbocycles. The van der Waals surface area contributed by atoms with E-state index in [4.69, 9.17) is 0 Å². The van der Waals surface area contributed by atoms with Gasteiger partial charge in [-0.05, 0) is 11.9 Å². The summed E-state index contributed by atoms with van der Waals surface area (Å²) >= 11 is 1.56. The molecular weight excluding hydrogens is 145 g/mol. The minimum absolute atomic E-state index is 0.481. The zero-order valence-corrected chi connectivity index (χ0v) is 6.69. The lowest BCUT2D eigenvalue weighted by Gasteiger charge is -2.01. The Balaban J connectivity index is 2.50. The van der Waals surface area contributed by atoms with Crippen LogP contribution in [-0.2, 0) is 0 Å². The summed E-state index contributed by atoms with van der Waals surface area (Å²) in [6.07, 6.45) is 0. The van der Waals surface area contributed by atoms with Crippen molar-refractivity contribution in [3.8, 4) is 0 Å². The molecule has 2 nitrogen and oxygen atoms in total. The van der Waals surface area contributed by atoms with E-state index in [2.05, 4.69) is 5.23 Å². The summed E-state index contributed by atoms with van der Waals surface area (Å²) in [5, 5.41) is 14.2. The van der Waals surface area contributed by atoms with Crippen LogP contribution < -0.4 is 10.0 Å². The van der Waals surface area contributed by atoms with Crippen molar-refractivity contribution in [2.75, 3.05) is 6.54 Å². The molecule has 0 aromatic carbocycles. The highest BCUT2D eigenvalue weighted by Crippen LogP contribution is 1.92. The first-order chi connectivity index (χ1) is 4.84.